The molecule has 0 aromatic rings. The highest BCUT2D eigenvalue weighted by atomic mass is 16.7. The molecule has 0 spiro atoms. The monoisotopic (exact) mass is 454 g/mol. The number of carboxylic acids is 1. The molecule has 0 bridgehead atoms. The summed E-state index contributed by atoms with van der Waals surface area (Å²) in [5.74, 6) is -4.64. The molecule has 2 fully saturated rings. The van der Waals surface area contributed by atoms with Gasteiger partial charge in [-0.2, -0.15) is 0 Å². The second kappa shape index (κ2) is 11.3. The number of rotatable bonds is 9. The quantitative estimate of drug-likeness (QED) is 0.394. The van der Waals surface area contributed by atoms with Crippen molar-refractivity contribution >= 4 is 29.7 Å². The Morgan fingerprint density at radius 2 is 1.66 bits per heavy atom. The minimum atomic E-state index is -1.06. The molecule has 180 valence electrons. The van der Waals surface area contributed by atoms with Crippen LogP contribution in [-0.2, 0) is 33.4 Å². The fourth-order valence-electron chi connectivity index (χ4n) is 4.19. The Bertz CT molecular complexity index is 737. The maximum absolute atomic E-state index is 12.9. The maximum atomic E-state index is 12.9. The van der Waals surface area contributed by atoms with Gasteiger partial charge in [0, 0.05) is 18.9 Å². The Labute approximate surface area is 188 Å². The van der Waals surface area contributed by atoms with E-state index in [-0.39, 0.29) is 12.3 Å². The minimum Gasteiger partial charge on any atom is -0.480 e. The third-order valence-electron chi connectivity index (χ3n) is 6.02. The molecule has 0 aromatic carbocycles. The lowest BCUT2D eigenvalue weighted by molar-refractivity contribution is -0.199. The number of likely N-dealkylation sites (tertiary alicyclic amines) is 1. The fourth-order valence-corrected chi connectivity index (χ4v) is 4.19. The highest BCUT2D eigenvalue weighted by Crippen LogP contribution is 2.34. The van der Waals surface area contributed by atoms with E-state index >= 15 is 0 Å². The van der Waals surface area contributed by atoms with Crippen molar-refractivity contribution in [2.45, 2.75) is 84.6 Å². The molecule has 1 unspecified atom stereocenters. The summed E-state index contributed by atoms with van der Waals surface area (Å²) in [6.45, 7) is 7.01. The molecule has 0 radical (unpaired) electrons. The molecule has 2 N–H and O–H groups in total. The van der Waals surface area contributed by atoms with E-state index in [1.807, 2.05) is 0 Å². The van der Waals surface area contributed by atoms with Gasteiger partial charge in [0.25, 0.3) is 0 Å². The molecule has 10 nitrogen and oxygen atoms in total. The van der Waals surface area contributed by atoms with Gasteiger partial charge in [0.1, 0.15) is 12.1 Å². The molecule has 1 aliphatic heterocycles. The molecule has 2 amide bonds. The highest BCUT2D eigenvalue weighted by Gasteiger charge is 2.42. The summed E-state index contributed by atoms with van der Waals surface area (Å²) >= 11 is 0. The van der Waals surface area contributed by atoms with Gasteiger partial charge in [-0.25, -0.2) is 4.79 Å². The van der Waals surface area contributed by atoms with Crippen LogP contribution in [0.4, 0.5) is 0 Å². The predicted octanol–water partition coefficient (Wildman–Crippen LogP) is 1.46. The Hall–Kier alpha value is -2.65. The second-order valence-corrected chi connectivity index (χ2v) is 8.79. The van der Waals surface area contributed by atoms with Crippen LogP contribution >= 0.6 is 0 Å². The molecular formula is C22H34N2O8. The summed E-state index contributed by atoms with van der Waals surface area (Å²) < 4.78 is 10.6. The lowest BCUT2D eigenvalue weighted by Gasteiger charge is -2.27. The Morgan fingerprint density at radius 1 is 1.00 bits per heavy atom. The lowest BCUT2D eigenvalue weighted by Crippen LogP contribution is -2.52. The van der Waals surface area contributed by atoms with Crippen molar-refractivity contribution in [3.8, 4) is 0 Å². The van der Waals surface area contributed by atoms with E-state index in [9.17, 15) is 29.1 Å². The van der Waals surface area contributed by atoms with E-state index < -0.39 is 59.9 Å². The average molecular weight is 455 g/mol. The van der Waals surface area contributed by atoms with Crippen molar-refractivity contribution in [2.24, 2.45) is 17.8 Å². The number of nitrogens with one attached hydrogen (secondary N) is 1. The highest BCUT2D eigenvalue weighted by molar-refractivity contribution is 5.92. The topological polar surface area (TPSA) is 139 Å². The molecule has 1 heterocycles. The van der Waals surface area contributed by atoms with Gasteiger partial charge in [-0.15, -0.1) is 0 Å². The van der Waals surface area contributed by atoms with Gasteiger partial charge >= 0.3 is 17.9 Å². The lowest BCUT2D eigenvalue weighted by atomic mass is 9.95. The third-order valence-corrected chi connectivity index (χ3v) is 6.02. The van der Waals surface area contributed by atoms with Crippen molar-refractivity contribution in [1.29, 1.82) is 0 Å². The fraction of sp³-hybridized carbons (Fsp3) is 0.773. The second-order valence-electron chi connectivity index (χ2n) is 8.79. The molecule has 1 aliphatic carbocycles. The van der Waals surface area contributed by atoms with Crippen molar-refractivity contribution in [3.05, 3.63) is 0 Å². The van der Waals surface area contributed by atoms with Crippen molar-refractivity contribution in [2.75, 3.05) is 6.54 Å². The molecule has 1 saturated heterocycles. The van der Waals surface area contributed by atoms with Gasteiger partial charge in [0.05, 0.1) is 11.8 Å². The summed E-state index contributed by atoms with van der Waals surface area (Å²) in [4.78, 5) is 62.5. The number of carbonyl (C=O) groups excluding carboxylic acids is 4. The van der Waals surface area contributed by atoms with E-state index in [1.165, 1.54) is 11.8 Å². The van der Waals surface area contributed by atoms with E-state index in [1.54, 1.807) is 20.8 Å². The van der Waals surface area contributed by atoms with Gasteiger partial charge in [-0.1, -0.05) is 27.2 Å². The number of esters is 2. The van der Waals surface area contributed by atoms with Crippen LogP contribution in [0, 0.1) is 17.8 Å². The number of hydrogen-bond acceptors (Lipinski definition) is 7. The van der Waals surface area contributed by atoms with E-state index in [2.05, 4.69) is 5.32 Å². The zero-order chi connectivity index (χ0) is 24.0. The minimum absolute atomic E-state index is 0.154. The summed E-state index contributed by atoms with van der Waals surface area (Å²) in [5, 5.41) is 11.9. The van der Waals surface area contributed by atoms with E-state index in [4.69, 9.17) is 9.47 Å². The first-order valence-corrected chi connectivity index (χ1v) is 11.3. The molecule has 10 heteroatoms. The molecular weight excluding hydrogens is 420 g/mol. The molecule has 0 aromatic heterocycles. The van der Waals surface area contributed by atoms with Crippen LogP contribution in [0.1, 0.15) is 66.2 Å². The Kier molecular flexibility index (Phi) is 9.03. The summed E-state index contributed by atoms with van der Waals surface area (Å²) in [6.07, 6.45) is 1.68. The van der Waals surface area contributed by atoms with Crippen LogP contribution in [0.15, 0.2) is 0 Å². The van der Waals surface area contributed by atoms with Crippen LogP contribution in [0.3, 0.4) is 0 Å². The average Bonchev–Trinajstić information content (AvgIpc) is 3.41. The molecule has 2 aliphatic rings. The molecule has 5 atom stereocenters. The summed E-state index contributed by atoms with van der Waals surface area (Å²) in [7, 11) is 0. The number of ether oxygens (including phenoxy) is 2. The Balaban J connectivity index is 1.98. The van der Waals surface area contributed by atoms with Gasteiger partial charge in [-0.05, 0) is 32.6 Å². The van der Waals surface area contributed by atoms with E-state index in [0.717, 1.165) is 0 Å². The smallest absolute Gasteiger partial charge is 0.326 e. The normalized spacial score (nSPS) is 24.7. The predicted molar refractivity (Wildman–Crippen MR) is 112 cm³/mol. The first-order valence-electron chi connectivity index (χ1n) is 11.3. The van der Waals surface area contributed by atoms with Gasteiger partial charge in [0.2, 0.25) is 18.1 Å². The maximum Gasteiger partial charge on any atom is 0.326 e. The third kappa shape index (κ3) is 6.20. The number of aliphatic carboxylic acids is 1. The number of carboxylic acid groups (broad SMARTS) is 1. The first kappa shape index (κ1) is 25.6. The zero-order valence-electron chi connectivity index (χ0n) is 19.2. The molecule has 32 heavy (non-hydrogen) atoms. The van der Waals surface area contributed by atoms with Crippen LogP contribution in [0.5, 0.6) is 0 Å². The number of nitrogens with zero attached hydrogens (tertiary/aromatic N) is 1. The van der Waals surface area contributed by atoms with Crippen molar-refractivity contribution in [3.63, 3.8) is 0 Å². The number of carbonyl (C=O) groups is 5. The SMILES string of the molecule is CCC(=O)OC(OC(=O)[C@H]1CCC[C@H]1C(=O)N[C@@H](C)C(=O)N1CCC[C@H]1C(=O)O)C(C)C. The summed E-state index contributed by atoms with van der Waals surface area (Å²) in [6, 6.07) is -1.79. The van der Waals surface area contributed by atoms with Gasteiger partial charge in [-0.3, -0.25) is 19.2 Å². The van der Waals surface area contributed by atoms with Crippen LogP contribution in [0.2, 0.25) is 0 Å². The van der Waals surface area contributed by atoms with Crippen molar-refractivity contribution in [1.82, 2.24) is 10.2 Å². The molecule has 2 rings (SSSR count). The first-order chi connectivity index (χ1) is 15.1. The number of hydrogen-bond donors (Lipinski definition) is 2. The number of amides is 2. The summed E-state index contributed by atoms with van der Waals surface area (Å²) in [5.41, 5.74) is 0. The van der Waals surface area contributed by atoms with Crippen molar-refractivity contribution < 1.29 is 38.6 Å². The zero-order valence-corrected chi connectivity index (χ0v) is 19.2. The van der Waals surface area contributed by atoms with Gasteiger partial charge in [0.15, 0.2) is 0 Å². The van der Waals surface area contributed by atoms with Crippen LogP contribution < -0.4 is 5.32 Å². The molecule has 1 saturated carbocycles. The van der Waals surface area contributed by atoms with Gasteiger partial charge < -0.3 is 24.8 Å². The standard InChI is InChI=1S/C22H34N2O8/c1-5-17(25)31-22(12(2)3)32-21(30)15-9-6-8-14(15)18(26)23-13(4)19(27)24-11-7-10-16(24)20(28)29/h12-16,22H,5-11H2,1-4H3,(H,23,26)(H,28,29)/t13-,14+,15-,16-,22?/m0/s1. The van der Waals surface area contributed by atoms with Crippen LogP contribution in [-0.4, -0.2) is 64.6 Å². The largest absolute Gasteiger partial charge is 0.480 e. The Morgan fingerprint density at radius 3 is 2.25 bits per heavy atom. The van der Waals surface area contributed by atoms with E-state index in [0.29, 0.717) is 38.6 Å². The van der Waals surface area contributed by atoms with Crippen LogP contribution in [0.25, 0.3) is 0 Å².